The molecule has 2 rings (SSSR count). The van der Waals surface area contributed by atoms with Crippen LogP contribution in [0.15, 0.2) is 42.5 Å². The number of anilines is 1. The maximum atomic E-state index is 13.0. The number of rotatable bonds is 3. The molecule has 0 fully saturated rings. The molecule has 0 spiro atoms. The number of ether oxygens (including phenoxy) is 1. The first-order chi connectivity index (χ1) is 9.11. The third-order valence-electron chi connectivity index (χ3n) is 2.54. The molecule has 0 aliphatic rings. The average molecular weight is 263 g/mol. The van der Waals surface area contributed by atoms with E-state index >= 15 is 0 Å². The Kier molecular flexibility index (Phi) is 3.75. The van der Waals surface area contributed by atoms with Crippen LogP contribution in [0.25, 0.3) is 0 Å². The van der Waals surface area contributed by atoms with Gasteiger partial charge in [0, 0.05) is 5.56 Å². The van der Waals surface area contributed by atoms with E-state index in [9.17, 15) is 13.6 Å². The molecule has 0 aliphatic carbocycles. The van der Waals surface area contributed by atoms with Crippen molar-refractivity contribution < 1.29 is 18.3 Å². The van der Waals surface area contributed by atoms with E-state index < -0.39 is 17.5 Å². The Balaban J connectivity index is 2.23. The predicted octanol–water partition coefficient (Wildman–Crippen LogP) is 3.23. The van der Waals surface area contributed by atoms with Crippen LogP contribution in [0.3, 0.4) is 0 Å². The standard InChI is InChI=1S/C14H11F2NO2/c1-19-13-5-3-2-4-12(13)17-14(18)9-6-7-10(15)11(16)8-9/h2-8H,1H3,(H,17,18). The van der Waals surface area contributed by atoms with Crippen molar-refractivity contribution >= 4 is 11.6 Å². The summed E-state index contributed by atoms with van der Waals surface area (Å²) < 4.78 is 30.9. The number of para-hydroxylation sites is 2. The normalized spacial score (nSPS) is 10.1. The fourth-order valence-corrected chi connectivity index (χ4v) is 1.58. The summed E-state index contributed by atoms with van der Waals surface area (Å²) in [5.74, 6) is -2.11. The van der Waals surface area contributed by atoms with Crippen molar-refractivity contribution in [2.75, 3.05) is 12.4 Å². The second-order valence-corrected chi connectivity index (χ2v) is 3.78. The van der Waals surface area contributed by atoms with Gasteiger partial charge in [-0.2, -0.15) is 0 Å². The zero-order valence-electron chi connectivity index (χ0n) is 10.1. The van der Waals surface area contributed by atoms with Crippen molar-refractivity contribution in [2.45, 2.75) is 0 Å². The Bertz CT molecular complexity index is 614. The maximum Gasteiger partial charge on any atom is 0.255 e. The van der Waals surface area contributed by atoms with Gasteiger partial charge < -0.3 is 10.1 Å². The van der Waals surface area contributed by atoms with Gasteiger partial charge in [0.05, 0.1) is 12.8 Å². The number of hydrogen-bond acceptors (Lipinski definition) is 2. The van der Waals surface area contributed by atoms with Gasteiger partial charge in [0.1, 0.15) is 5.75 Å². The molecule has 0 radical (unpaired) electrons. The molecule has 3 nitrogen and oxygen atoms in total. The minimum atomic E-state index is -1.06. The second kappa shape index (κ2) is 5.48. The van der Waals surface area contributed by atoms with Gasteiger partial charge in [-0.25, -0.2) is 8.78 Å². The zero-order chi connectivity index (χ0) is 13.8. The Morgan fingerprint density at radius 2 is 1.84 bits per heavy atom. The number of hydrogen-bond donors (Lipinski definition) is 1. The van der Waals surface area contributed by atoms with Crippen LogP contribution >= 0.6 is 0 Å². The molecule has 5 heteroatoms. The average Bonchev–Trinajstić information content (AvgIpc) is 2.42. The largest absolute Gasteiger partial charge is 0.495 e. The summed E-state index contributed by atoms with van der Waals surface area (Å²) in [6.45, 7) is 0. The number of benzene rings is 2. The first-order valence-electron chi connectivity index (χ1n) is 5.51. The van der Waals surface area contributed by atoms with E-state index in [0.717, 1.165) is 12.1 Å². The van der Waals surface area contributed by atoms with Gasteiger partial charge in [0.25, 0.3) is 5.91 Å². The molecule has 1 N–H and O–H groups in total. The van der Waals surface area contributed by atoms with Gasteiger partial charge in [-0.15, -0.1) is 0 Å². The molecule has 0 aromatic heterocycles. The van der Waals surface area contributed by atoms with Crippen molar-refractivity contribution in [3.8, 4) is 5.75 Å². The lowest BCUT2D eigenvalue weighted by Crippen LogP contribution is -2.13. The smallest absolute Gasteiger partial charge is 0.255 e. The summed E-state index contributed by atoms with van der Waals surface area (Å²) in [5, 5.41) is 2.57. The summed E-state index contributed by atoms with van der Waals surface area (Å²) in [6.07, 6.45) is 0. The molecule has 2 aromatic rings. The number of carbonyl (C=O) groups is 1. The second-order valence-electron chi connectivity index (χ2n) is 3.78. The lowest BCUT2D eigenvalue weighted by Gasteiger charge is -2.09. The first-order valence-corrected chi connectivity index (χ1v) is 5.51. The van der Waals surface area contributed by atoms with Gasteiger partial charge in [0.15, 0.2) is 11.6 Å². The van der Waals surface area contributed by atoms with E-state index in [2.05, 4.69) is 5.32 Å². The van der Waals surface area contributed by atoms with Crippen LogP contribution in [0.1, 0.15) is 10.4 Å². The molecule has 2 aromatic carbocycles. The molecule has 0 heterocycles. The SMILES string of the molecule is COc1ccccc1NC(=O)c1ccc(F)c(F)c1. The van der Waals surface area contributed by atoms with E-state index in [4.69, 9.17) is 4.74 Å². The monoisotopic (exact) mass is 263 g/mol. The van der Waals surface area contributed by atoms with Crippen LogP contribution in [0.2, 0.25) is 0 Å². The lowest BCUT2D eigenvalue weighted by atomic mass is 10.2. The zero-order valence-corrected chi connectivity index (χ0v) is 10.1. The number of amides is 1. The predicted molar refractivity (Wildman–Crippen MR) is 67.3 cm³/mol. The summed E-state index contributed by atoms with van der Waals surface area (Å²) in [6, 6.07) is 9.78. The van der Waals surface area contributed by atoms with E-state index in [0.29, 0.717) is 11.4 Å². The highest BCUT2D eigenvalue weighted by atomic mass is 19.2. The molecular formula is C14H11F2NO2. The summed E-state index contributed by atoms with van der Waals surface area (Å²) in [5.41, 5.74) is 0.490. The van der Waals surface area contributed by atoms with E-state index in [1.807, 2.05) is 0 Å². The summed E-state index contributed by atoms with van der Waals surface area (Å²) in [4.78, 5) is 11.9. The fourth-order valence-electron chi connectivity index (χ4n) is 1.58. The quantitative estimate of drug-likeness (QED) is 0.923. The minimum Gasteiger partial charge on any atom is -0.495 e. The highest BCUT2D eigenvalue weighted by Gasteiger charge is 2.11. The molecule has 19 heavy (non-hydrogen) atoms. The van der Waals surface area contributed by atoms with Crippen molar-refractivity contribution in [1.29, 1.82) is 0 Å². The molecule has 0 saturated carbocycles. The maximum absolute atomic E-state index is 13.0. The van der Waals surface area contributed by atoms with Crippen molar-refractivity contribution in [2.24, 2.45) is 0 Å². The molecule has 98 valence electrons. The molecule has 0 unspecified atom stereocenters. The molecule has 0 atom stereocenters. The highest BCUT2D eigenvalue weighted by molar-refractivity contribution is 6.05. The Morgan fingerprint density at radius 1 is 1.11 bits per heavy atom. The van der Waals surface area contributed by atoms with Gasteiger partial charge in [-0.3, -0.25) is 4.79 Å². The summed E-state index contributed by atoms with van der Waals surface area (Å²) in [7, 11) is 1.47. The Morgan fingerprint density at radius 3 is 2.53 bits per heavy atom. The van der Waals surface area contributed by atoms with Crippen LogP contribution < -0.4 is 10.1 Å². The van der Waals surface area contributed by atoms with Crippen LogP contribution in [0, 0.1) is 11.6 Å². The third kappa shape index (κ3) is 2.88. The van der Waals surface area contributed by atoms with Gasteiger partial charge >= 0.3 is 0 Å². The van der Waals surface area contributed by atoms with Crippen LogP contribution in [-0.2, 0) is 0 Å². The van der Waals surface area contributed by atoms with Crippen LogP contribution in [-0.4, -0.2) is 13.0 Å². The summed E-state index contributed by atoms with van der Waals surface area (Å²) >= 11 is 0. The molecule has 0 bridgehead atoms. The van der Waals surface area contributed by atoms with Crippen molar-refractivity contribution in [3.05, 3.63) is 59.7 Å². The van der Waals surface area contributed by atoms with Crippen LogP contribution in [0.4, 0.5) is 14.5 Å². The fraction of sp³-hybridized carbons (Fsp3) is 0.0714. The third-order valence-corrected chi connectivity index (χ3v) is 2.54. The molecular weight excluding hydrogens is 252 g/mol. The molecule has 0 aliphatic heterocycles. The number of methoxy groups -OCH3 is 1. The van der Waals surface area contributed by atoms with E-state index in [1.54, 1.807) is 24.3 Å². The lowest BCUT2D eigenvalue weighted by molar-refractivity contribution is 0.102. The van der Waals surface area contributed by atoms with Crippen molar-refractivity contribution in [1.82, 2.24) is 0 Å². The number of nitrogens with one attached hydrogen (secondary N) is 1. The number of halogens is 2. The first kappa shape index (κ1) is 13.0. The van der Waals surface area contributed by atoms with Gasteiger partial charge in [-0.1, -0.05) is 12.1 Å². The Hall–Kier alpha value is -2.43. The van der Waals surface area contributed by atoms with E-state index in [1.165, 1.54) is 13.2 Å². The topological polar surface area (TPSA) is 38.3 Å². The highest BCUT2D eigenvalue weighted by Crippen LogP contribution is 2.23. The van der Waals surface area contributed by atoms with Gasteiger partial charge in [-0.05, 0) is 30.3 Å². The van der Waals surface area contributed by atoms with Crippen molar-refractivity contribution in [3.63, 3.8) is 0 Å². The Labute approximate surface area is 108 Å². The van der Waals surface area contributed by atoms with Gasteiger partial charge in [0.2, 0.25) is 0 Å². The van der Waals surface area contributed by atoms with E-state index in [-0.39, 0.29) is 5.56 Å². The number of carbonyl (C=O) groups excluding carboxylic acids is 1. The molecule has 1 amide bonds. The van der Waals surface area contributed by atoms with Crippen LogP contribution in [0.5, 0.6) is 5.75 Å². The molecule has 0 saturated heterocycles. The minimum absolute atomic E-state index is 0.0322.